The summed E-state index contributed by atoms with van der Waals surface area (Å²) in [6, 6.07) is 16.3. The molecule has 1 amide bonds. The number of carbonyl (C=O) groups excluding carboxylic acids is 1. The summed E-state index contributed by atoms with van der Waals surface area (Å²) in [6.07, 6.45) is -0.342. The van der Waals surface area contributed by atoms with Gasteiger partial charge in [-0.1, -0.05) is 40.2 Å². The first kappa shape index (κ1) is 26.9. The Hall–Kier alpha value is -3.17. The van der Waals surface area contributed by atoms with Crippen LogP contribution in [-0.4, -0.2) is 40.9 Å². The van der Waals surface area contributed by atoms with E-state index >= 15 is 0 Å². The maximum Gasteiger partial charge on any atom is 0.410 e. The van der Waals surface area contributed by atoms with Crippen molar-refractivity contribution in [2.75, 3.05) is 19.5 Å². The maximum atomic E-state index is 12.5. The van der Waals surface area contributed by atoms with E-state index in [9.17, 15) is 4.79 Å². The zero-order chi connectivity index (χ0) is 26.7. The number of hydrogen-bond donors (Lipinski definition) is 1. The summed E-state index contributed by atoms with van der Waals surface area (Å²) < 4.78 is 11.9. The molecule has 7 nitrogen and oxygen atoms in total. The van der Waals surface area contributed by atoms with E-state index in [1.165, 1.54) is 0 Å². The number of fused-ring (bicyclic) bond motifs is 1. The molecule has 0 spiro atoms. The Morgan fingerprint density at radius 1 is 1.14 bits per heavy atom. The third kappa shape index (κ3) is 6.40. The molecule has 0 aliphatic rings. The second-order valence-corrected chi connectivity index (χ2v) is 11.7. The van der Waals surface area contributed by atoms with Crippen molar-refractivity contribution in [2.24, 2.45) is 0 Å². The summed E-state index contributed by atoms with van der Waals surface area (Å²) in [6.45, 7) is 8.16. The van der Waals surface area contributed by atoms with Crippen molar-refractivity contribution < 1.29 is 14.3 Å². The molecule has 1 N–H and O–H groups in total. The molecule has 37 heavy (non-hydrogen) atoms. The number of hydrogen-bond acceptors (Lipinski definition) is 7. The number of aromatic nitrogens is 2. The lowest BCUT2D eigenvalue weighted by Gasteiger charge is -2.25. The molecule has 4 aromatic rings. The second kappa shape index (κ2) is 11.1. The fraction of sp³-hybridized carbons (Fsp3) is 0.321. The first-order chi connectivity index (χ1) is 17.6. The standard InChI is InChI=1S/C28H31BrN4O3S/c1-17(30-25-23-14-20(29)11-12-22(23)26(35-6)32-31-25)24-13-19(16-37-24)21-10-8-7-9-18(21)15-33(5)27(34)36-28(2,3)4/h7-14,16-17H,15H2,1-6H3,(H,30,31)/t17-/m1/s1. The molecule has 0 fully saturated rings. The lowest BCUT2D eigenvalue weighted by molar-refractivity contribution is 0.0285. The zero-order valence-electron chi connectivity index (χ0n) is 21.8. The fourth-order valence-electron chi connectivity index (χ4n) is 3.96. The number of halogens is 1. The van der Waals surface area contributed by atoms with Crippen molar-refractivity contribution >= 4 is 50.0 Å². The Labute approximate surface area is 229 Å². The van der Waals surface area contributed by atoms with Crippen LogP contribution >= 0.6 is 27.3 Å². The highest BCUT2D eigenvalue weighted by Crippen LogP contribution is 2.35. The molecule has 2 heterocycles. The summed E-state index contributed by atoms with van der Waals surface area (Å²) in [7, 11) is 3.35. The van der Waals surface area contributed by atoms with Gasteiger partial charge < -0.3 is 19.7 Å². The van der Waals surface area contributed by atoms with Crippen LogP contribution in [0.15, 0.2) is 58.4 Å². The first-order valence-electron chi connectivity index (χ1n) is 11.9. The maximum absolute atomic E-state index is 12.5. The van der Waals surface area contributed by atoms with Gasteiger partial charge in [0, 0.05) is 33.7 Å². The van der Waals surface area contributed by atoms with Crippen molar-refractivity contribution in [3.05, 3.63) is 68.8 Å². The molecule has 0 aliphatic heterocycles. The summed E-state index contributed by atoms with van der Waals surface area (Å²) in [5, 5.41) is 16.1. The lowest BCUT2D eigenvalue weighted by atomic mass is 10.0. The minimum atomic E-state index is -0.536. The van der Waals surface area contributed by atoms with Gasteiger partial charge in [-0.3, -0.25) is 0 Å². The van der Waals surface area contributed by atoms with Gasteiger partial charge in [-0.15, -0.1) is 21.5 Å². The van der Waals surface area contributed by atoms with Crippen molar-refractivity contribution in [3.8, 4) is 17.0 Å². The molecule has 9 heteroatoms. The van der Waals surface area contributed by atoms with E-state index in [1.54, 1.807) is 30.4 Å². The Balaban J connectivity index is 1.55. The number of methoxy groups -OCH3 is 1. The minimum absolute atomic E-state index is 0.000209. The number of rotatable bonds is 7. The molecule has 4 rings (SSSR count). The molecule has 1 atom stereocenters. The monoisotopic (exact) mass is 582 g/mol. The highest BCUT2D eigenvalue weighted by Gasteiger charge is 2.21. The van der Waals surface area contributed by atoms with E-state index in [4.69, 9.17) is 9.47 Å². The Morgan fingerprint density at radius 3 is 2.62 bits per heavy atom. The van der Waals surface area contributed by atoms with Gasteiger partial charge >= 0.3 is 6.09 Å². The first-order valence-corrected chi connectivity index (χ1v) is 13.6. The van der Waals surface area contributed by atoms with Gasteiger partial charge in [-0.05, 0) is 74.0 Å². The highest BCUT2D eigenvalue weighted by atomic mass is 79.9. The Morgan fingerprint density at radius 2 is 1.89 bits per heavy atom. The molecule has 0 saturated carbocycles. The van der Waals surface area contributed by atoms with Crippen molar-refractivity contribution in [3.63, 3.8) is 0 Å². The van der Waals surface area contributed by atoms with Crippen LogP contribution in [0.3, 0.4) is 0 Å². The number of benzene rings is 2. The number of ether oxygens (including phenoxy) is 2. The van der Waals surface area contributed by atoms with E-state index in [1.807, 2.05) is 57.2 Å². The summed E-state index contributed by atoms with van der Waals surface area (Å²) in [5.41, 5.74) is 2.71. The van der Waals surface area contributed by atoms with Crippen LogP contribution in [0.5, 0.6) is 5.88 Å². The molecular formula is C28H31BrN4O3S. The van der Waals surface area contributed by atoms with Crippen LogP contribution in [0.2, 0.25) is 0 Å². The van der Waals surface area contributed by atoms with Gasteiger partial charge in [0.25, 0.3) is 0 Å². The Kier molecular flexibility index (Phi) is 8.04. The normalized spacial score (nSPS) is 12.3. The molecule has 0 radical (unpaired) electrons. The number of amides is 1. The largest absolute Gasteiger partial charge is 0.479 e. The average molecular weight is 584 g/mol. The predicted octanol–water partition coefficient (Wildman–Crippen LogP) is 7.67. The van der Waals surface area contributed by atoms with Crippen LogP contribution in [0.4, 0.5) is 10.6 Å². The zero-order valence-corrected chi connectivity index (χ0v) is 24.2. The van der Waals surface area contributed by atoms with Gasteiger partial charge in [0.05, 0.1) is 13.2 Å². The topological polar surface area (TPSA) is 76.6 Å². The lowest BCUT2D eigenvalue weighted by Crippen LogP contribution is -2.33. The van der Waals surface area contributed by atoms with Crippen molar-refractivity contribution in [1.82, 2.24) is 15.1 Å². The minimum Gasteiger partial charge on any atom is -0.479 e. The average Bonchev–Trinajstić information content (AvgIpc) is 3.34. The fourth-order valence-corrected chi connectivity index (χ4v) is 5.23. The smallest absolute Gasteiger partial charge is 0.410 e. The molecule has 0 saturated heterocycles. The summed E-state index contributed by atoms with van der Waals surface area (Å²) in [4.78, 5) is 15.3. The summed E-state index contributed by atoms with van der Waals surface area (Å²) in [5.74, 6) is 1.19. The number of nitrogens with one attached hydrogen (secondary N) is 1. The molecule has 0 bridgehead atoms. The highest BCUT2D eigenvalue weighted by molar-refractivity contribution is 9.10. The SMILES string of the molecule is COc1nnc(N[C@H](C)c2cc(-c3ccccc3CN(C)C(=O)OC(C)(C)C)cs2)c2cc(Br)ccc12. The summed E-state index contributed by atoms with van der Waals surface area (Å²) >= 11 is 5.23. The van der Waals surface area contributed by atoms with Crippen LogP contribution in [0.25, 0.3) is 21.9 Å². The van der Waals surface area contributed by atoms with Crippen molar-refractivity contribution in [1.29, 1.82) is 0 Å². The van der Waals surface area contributed by atoms with Crippen LogP contribution in [-0.2, 0) is 11.3 Å². The molecule has 194 valence electrons. The van der Waals surface area contributed by atoms with E-state index in [0.29, 0.717) is 18.2 Å². The van der Waals surface area contributed by atoms with E-state index in [-0.39, 0.29) is 12.1 Å². The van der Waals surface area contributed by atoms with Crippen LogP contribution in [0, 0.1) is 0 Å². The van der Waals surface area contributed by atoms with Gasteiger partial charge in [-0.25, -0.2) is 4.79 Å². The number of anilines is 1. The third-order valence-electron chi connectivity index (χ3n) is 5.74. The molecule has 2 aromatic carbocycles. The van der Waals surface area contributed by atoms with Gasteiger partial charge in [-0.2, -0.15) is 0 Å². The van der Waals surface area contributed by atoms with Crippen LogP contribution < -0.4 is 10.1 Å². The Bertz CT molecular complexity index is 1420. The van der Waals surface area contributed by atoms with E-state index < -0.39 is 5.60 Å². The van der Waals surface area contributed by atoms with Crippen molar-refractivity contribution in [2.45, 2.75) is 45.9 Å². The number of thiophene rings is 1. The molecular weight excluding hydrogens is 552 g/mol. The van der Waals surface area contributed by atoms with E-state index in [0.717, 1.165) is 36.8 Å². The quantitative estimate of drug-likeness (QED) is 0.241. The van der Waals surface area contributed by atoms with Gasteiger partial charge in [0.15, 0.2) is 5.82 Å². The third-order valence-corrected chi connectivity index (χ3v) is 7.35. The van der Waals surface area contributed by atoms with Crippen LogP contribution in [0.1, 0.15) is 44.2 Å². The molecule has 0 aliphatic carbocycles. The predicted molar refractivity (Wildman–Crippen MR) is 153 cm³/mol. The van der Waals surface area contributed by atoms with Gasteiger partial charge in [0.1, 0.15) is 5.60 Å². The van der Waals surface area contributed by atoms with E-state index in [2.05, 4.69) is 55.9 Å². The molecule has 0 unspecified atom stereocenters. The van der Waals surface area contributed by atoms with Gasteiger partial charge in [0.2, 0.25) is 5.88 Å². The second-order valence-electron chi connectivity index (χ2n) is 9.85. The molecule has 2 aromatic heterocycles. The number of nitrogens with zero attached hydrogens (tertiary/aromatic N) is 3. The number of carbonyl (C=O) groups is 1.